The number of aliphatic hydroxyl groups is 6. The lowest BCUT2D eigenvalue weighted by Gasteiger charge is -2.46. The molecule has 26 heavy (non-hydrogen) atoms. The topological polar surface area (TPSA) is 201 Å². The van der Waals surface area contributed by atoms with Gasteiger partial charge in [-0.15, -0.1) is 0 Å². The molecule has 3 rings (SSSR count). The van der Waals surface area contributed by atoms with Crippen LogP contribution in [-0.2, 0) is 15.2 Å². The third-order valence-corrected chi connectivity index (χ3v) is 4.76. The molecular formula is C14H21N3O9. The van der Waals surface area contributed by atoms with E-state index in [0.717, 1.165) is 10.8 Å². The molecule has 3 heterocycles. The number of anilines is 1. The van der Waals surface area contributed by atoms with E-state index in [1.54, 1.807) is 0 Å². The summed E-state index contributed by atoms with van der Waals surface area (Å²) in [5.74, 6) is -0.117. The Labute approximate surface area is 146 Å². The van der Waals surface area contributed by atoms with Crippen LogP contribution in [0.1, 0.15) is 0 Å². The zero-order valence-corrected chi connectivity index (χ0v) is 13.5. The van der Waals surface area contributed by atoms with Gasteiger partial charge in [0.15, 0.2) is 0 Å². The van der Waals surface area contributed by atoms with Crippen molar-refractivity contribution in [2.24, 2.45) is 0 Å². The molecule has 0 aliphatic carbocycles. The number of aromatic nitrogens is 2. The number of rotatable bonds is 3. The average Bonchev–Trinajstić information content (AvgIpc) is 2.85. The SMILES string of the molecule is Nc1ccn([C@]2(C3OC[C@@H](O)[C@@H](O)[C@H]3O)O[C@H](CO)[C@@H](O)[C@H]2O)c(=O)n1. The Morgan fingerprint density at radius 2 is 1.92 bits per heavy atom. The van der Waals surface area contributed by atoms with Crippen molar-refractivity contribution in [3.05, 3.63) is 22.7 Å². The summed E-state index contributed by atoms with van der Waals surface area (Å²) in [6.07, 6.45) is -10.1. The smallest absolute Gasteiger partial charge is 0.352 e. The Balaban J connectivity index is 2.16. The van der Waals surface area contributed by atoms with Crippen LogP contribution in [0.3, 0.4) is 0 Å². The van der Waals surface area contributed by atoms with Gasteiger partial charge in [0.05, 0.1) is 13.2 Å². The Hall–Kier alpha value is -1.64. The highest BCUT2D eigenvalue weighted by atomic mass is 16.6. The van der Waals surface area contributed by atoms with Gasteiger partial charge in [0, 0.05) is 6.20 Å². The third kappa shape index (κ3) is 2.71. The van der Waals surface area contributed by atoms with E-state index in [4.69, 9.17) is 15.2 Å². The molecule has 0 spiro atoms. The minimum atomic E-state index is -2.23. The van der Waals surface area contributed by atoms with Crippen LogP contribution in [0.2, 0.25) is 0 Å². The Morgan fingerprint density at radius 3 is 2.50 bits per heavy atom. The molecule has 2 aliphatic rings. The van der Waals surface area contributed by atoms with Gasteiger partial charge in [-0.05, 0) is 6.07 Å². The van der Waals surface area contributed by atoms with Crippen LogP contribution >= 0.6 is 0 Å². The van der Waals surface area contributed by atoms with Crippen LogP contribution in [0.4, 0.5) is 5.82 Å². The van der Waals surface area contributed by atoms with Gasteiger partial charge in [-0.2, -0.15) is 4.98 Å². The second-order valence-corrected chi connectivity index (χ2v) is 6.33. The highest BCUT2D eigenvalue weighted by Crippen LogP contribution is 2.42. The molecule has 0 aromatic carbocycles. The van der Waals surface area contributed by atoms with Gasteiger partial charge < -0.3 is 45.8 Å². The van der Waals surface area contributed by atoms with Gasteiger partial charge >= 0.3 is 5.69 Å². The third-order valence-electron chi connectivity index (χ3n) is 4.76. The average molecular weight is 375 g/mol. The zero-order valence-electron chi connectivity index (χ0n) is 13.5. The molecule has 0 radical (unpaired) electrons. The molecule has 1 aromatic rings. The molecule has 2 saturated heterocycles. The quantitative estimate of drug-likeness (QED) is 0.267. The van der Waals surface area contributed by atoms with Gasteiger partial charge in [-0.1, -0.05) is 0 Å². The molecular weight excluding hydrogens is 354 g/mol. The summed E-state index contributed by atoms with van der Waals surface area (Å²) >= 11 is 0. The van der Waals surface area contributed by atoms with Crippen molar-refractivity contribution in [2.75, 3.05) is 18.9 Å². The second-order valence-electron chi connectivity index (χ2n) is 6.33. The van der Waals surface area contributed by atoms with Crippen LogP contribution < -0.4 is 11.4 Å². The highest BCUT2D eigenvalue weighted by molar-refractivity contribution is 5.24. The first kappa shape index (κ1) is 19.1. The minimum Gasteiger partial charge on any atom is -0.394 e. The lowest BCUT2D eigenvalue weighted by molar-refractivity contribution is -0.288. The maximum atomic E-state index is 12.4. The molecule has 12 nitrogen and oxygen atoms in total. The fourth-order valence-corrected chi connectivity index (χ4v) is 3.40. The van der Waals surface area contributed by atoms with Crippen LogP contribution in [0.25, 0.3) is 0 Å². The lowest BCUT2D eigenvalue weighted by atomic mass is 9.87. The number of nitrogens with zero attached hydrogens (tertiary/aromatic N) is 2. The molecule has 1 unspecified atom stereocenters. The molecule has 0 bridgehead atoms. The summed E-state index contributed by atoms with van der Waals surface area (Å²) in [5.41, 5.74) is 2.25. The molecule has 0 saturated carbocycles. The van der Waals surface area contributed by atoms with Crippen molar-refractivity contribution in [3.8, 4) is 0 Å². The Kier molecular flexibility index (Phi) is 5.02. The number of nitrogen functional groups attached to an aromatic ring is 1. The number of aliphatic hydroxyl groups excluding tert-OH is 6. The Bertz CT molecular complexity index is 715. The minimum absolute atomic E-state index is 0.117. The molecule has 1 aromatic heterocycles. The van der Waals surface area contributed by atoms with Crippen molar-refractivity contribution in [3.63, 3.8) is 0 Å². The van der Waals surface area contributed by atoms with Crippen molar-refractivity contribution in [2.45, 2.75) is 48.5 Å². The fraction of sp³-hybridized carbons (Fsp3) is 0.714. The molecule has 12 heteroatoms. The molecule has 8 N–H and O–H groups in total. The van der Waals surface area contributed by atoms with E-state index in [0.29, 0.717) is 0 Å². The number of hydrogen-bond donors (Lipinski definition) is 7. The monoisotopic (exact) mass is 375 g/mol. The molecule has 2 aliphatic heterocycles. The lowest BCUT2D eigenvalue weighted by Crippen LogP contribution is -2.67. The van der Waals surface area contributed by atoms with E-state index in [9.17, 15) is 35.4 Å². The van der Waals surface area contributed by atoms with Crippen LogP contribution in [0, 0.1) is 0 Å². The summed E-state index contributed by atoms with van der Waals surface area (Å²) < 4.78 is 11.7. The first-order chi connectivity index (χ1) is 12.2. The number of nitrogens with two attached hydrogens (primary N) is 1. The van der Waals surface area contributed by atoms with Crippen LogP contribution in [-0.4, -0.2) is 96.1 Å². The molecule has 146 valence electrons. The van der Waals surface area contributed by atoms with Crippen LogP contribution in [0.15, 0.2) is 17.1 Å². The van der Waals surface area contributed by atoms with Gasteiger partial charge in [-0.3, -0.25) is 4.57 Å². The summed E-state index contributed by atoms with van der Waals surface area (Å²) in [4.78, 5) is 15.9. The van der Waals surface area contributed by atoms with Gasteiger partial charge in [0.25, 0.3) is 0 Å². The molecule has 2 fully saturated rings. The van der Waals surface area contributed by atoms with E-state index < -0.39 is 67.4 Å². The van der Waals surface area contributed by atoms with E-state index in [2.05, 4.69) is 4.98 Å². The summed E-state index contributed by atoms with van der Waals surface area (Å²) in [5, 5.41) is 60.2. The maximum Gasteiger partial charge on any atom is 0.352 e. The van der Waals surface area contributed by atoms with Crippen LogP contribution in [0.5, 0.6) is 0 Å². The summed E-state index contributed by atoms with van der Waals surface area (Å²) in [6, 6.07) is 1.22. The van der Waals surface area contributed by atoms with Crippen molar-refractivity contribution >= 4 is 5.82 Å². The van der Waals surface area contributed by atoms with Gasteiger partial charge in [0.1, 0.15) is 48.5 Å². The Morgan fingerprint density at radius 1 is 1.23 bits per heavy atom. The van der Waals surface area contributed by atoms with E-state index >= 15 is 0 Å². The zero-order chi connectivity index (χ0) is 19.2. The summed E-state index contributed by atoms with van der Waals surface area (Å²) in [7, 11) is 0. The molecule has 0 amide bonds. The summed E-state index contributed by atoms with van der Waals surface area (Å²) in [6.45, 7) is -1.14. The predicted molar refractivity (Wildman–Crippen MR) is 82.6 cm³/mol. The van der Waals surface area contributed by atoms with E-state index in [1.807, 2.05) is 0 Å². The highest BCUT2D eigenvalue weighted by Gasteiger charge is 2.64. The van der Waals surface area contributed by atoms with Crippen molar-refractivity contribution in [1.29, 1.82) is 0 Å². The standard InChI is InChI=1S/C14H21N3O9/c15-7-1-2-17(13(24)16-7)14(11(23)9(21)6(3-18)26-14)12-10(22)8(20)5(19)4-25-12/h1-2,5-6,8-12,18-23H,3-4H2,(H2,15,16,24)/t5-,6-,8-,9-,10-,11-,12?,14+/m1/s1. The largest absolute Gasteiger partial charge is 0.394 e. The van der Waals surface area contributed by atoms with Crippen molar-refractivity contribution in [1.82, 2.24) is 9.55 Å². The van der Waals surface area contributed by atoms with E-state index in [1.165, 1.54) is 6.07 Å². The number of ether oxygens (including phenoxy) is 2. The van der Waals surface area contributed by atoms with Gasteiger partial charge in [-0.25, -0.2) is 4.79 Å². The van der Waals surface area contributed by atoms with E-state index in [-0.39, 0.29) is 5.82 Å². The first-order valence-electron chi connectivity index (χ1n) is 7.90. The first-order valence-corrected chi connectivity index (χ1v) is 7.90. The maximum absolute atomic E-state index is 12.4. The normalized spacial score (nSPS) is 43.5. The number of hydrogen-bond acceptors (Lipinski definition) is 11. The fourth-order valence-electron chi connectivity index (χ4n) is 3.40. The molecule has 8 atom stereocenters. The predicted octanol–water partition coefficient (Wildman–Crippen LogP) is -4.93. The second kappa shape index (κ2) is 6.83. The van der Waals surface area contributed by atoms with Crippen molar-refractivity contribution < 1.29 is 40.1 Å². The van der Waals surface area contributed by atoms with Gasteiger partial charge in [0.2, 0.25) is 5.72 Å².